The normalized spacial score (nSPS) is 15.0. The lowest BCUT2D eigenvalue weighted by molar-refractivity contribution is 0.354. The SMILES string of the molecule is COc1ccc(C2=C(C=Nc3ccc(C)cc3)C(c3ccccc3)c3ccccc3O2)cc1OC. The van der Waals surface area contributed by atoms with Crippen LogP contribution in [0.15, 0.2) is 108 Å². The Kier molecular flexibility index (Phi) is 6.36. The van der Waals surface area contributed by atoms with Gasteiger partial charge in [-0.15, -0.1) is 0 Å². The molecule has 4 nitrogen and oxygen atoms in total. The Morgan fingerprint density at radius 3 is 2.23 bits per heavy atom. The molecule has 4 heteroatoms. The summed E-state index contributed by atoms with van der Waals surface area (Å²) in [5, 5.41) is 0. The van der Waals surface area contributed by atoms with Crippen molar-refractivity contribution in [3.8, 4) is 17.2 Å². The van der Waals surface area contributed by atoms with Crippen LogP contribution in [0, 0.1) is 6.92 Å². The second kappa shape index (κ2) is 9.90. The van der Waals surface area contributed by atoms with E-state index < -0.39 is 0 Å². The Bertz CT molecular complexity index is 1390. The average molecular weight is 462 g/mol. The number of hydrogen-bond donors (Lipinski definition) is 0. The zero-order chi connectivity index (χ0) is 24.2. The average Bonchev–Trinajstić information content (AvgIpc) is 2.92. The zero-order valence-electron chi connectivity index (χ0n) is 20.1. The number of methoxy groups -OCH3 is 2. The molecule has 0 amide bonds. The number of hydrogen-bond acceptors (Lipinski definition) is 4. The summed E-state index contributed by atoms with van der Waals surface area (Å²) in [5.74, 6) is 2.85. The van der Waals surface area contributed by atoms with E-state index in [-0.39, 0.29) is 5.92 Å². The van der Waals surface area contributed by atoms with Gasteiger partial charge in [0.1, 0.15) is 11.5 Å². The first kappa shape index (κ1) is 22.5. The molecular formula is C31H27NO3. The molecule has 1 unspecified atom stereocenters. The molecule has 174 valence electrons. The van der Waals surface area contributed by atoms with E-state index in [9.17, 15) is 0 Å². The third-order valence-corrected chi connectivity index (χ3v) is 6.18. The van der Waals surface area contributed by atoms with E-state index in [1.165, 1.54) is 11.1 Å². The van der Waals surface area contributed by atoms with E-state index in [4.69, 9.17) is 19.2 Å². The van der Waals surface area contributed by atoms with Gasteiger partial charge in [-0.05, 0) is 48.9 Å². The highest BCUT2D eigenvalue weighted by atomic mass is 16.5. The third-order valence-electron chi connectivity index (χ3n) is 6.18. The number of rotatable bonds is 6. The summed E-state index contributed by atoms with van der Waals surface area (Å²) in [5.41, 5.74) is 6.23. The van der Waals surface area contributed by atoms with Gasteiger partial charge in [0.15, 0.2) is 11.5 Å². The molecular weight excluding hydrogens is 434 g/mol. The molecule has 1 atom stereocenters. The first-order chi connectivity index (χ1) is 17.2. The fourth-order valence-corrected chi connectivity index (χ4v) is 4.40. The van der Waals surface area contributed by atoms with Gasteiger partial charge in [-0.1, -0.05) is 66.2 Å². The highest BCUT2D eigenvalue weighted by Crippen LogP contribution is 2.46. The summed E-state index contributed by atoms with van der Waals surface area (Å²) in [6.45, 7) is 2.07. The Morgan fingerprint density at radius 1 is 0.771 bits per heavy atom. The monoisotopic (exact) mass is 461 g/mol. The standard InChI is InChI=1S/C31H27NO3/c1-21-13-16-24(17-14-21)32-20-26-30(22-9-5-4-6-10-22)25-11-7-8-12-27(25)35-31(26)23-15-18-28(33-2)29(19-23)34-3/h4-20,30H,1-3H3. The third kappa shape index (κ3) is 4.56. The van der Waals surface area contributed by atoms with Crippen LogP contribution in [-0.4, -0.2) is 20.4 Å². The number of ether oxygens (including phenoxy) is 3. The van der Waals surface area contributed by atoms with E-state index in [1.807, 2.05) is 60.8 Å². The van der Waals surface area contributed by atoms with Crippen LogP contribution in [0.25, 0.3) is 5.76 Å². The lowest BCUT2D eigenvalue weighted by Crippen LogP contribution is -2.17. The largest absolute Gasteiger partial charge is 0.493 e. The second-order valence-electron chi connectivity index (χ2n) is 8.43. The Labute approximate surface area is 206 Å². The van der Waals surface area contributed by atoms with E-state index in [2.05, 4.69) is 49.4 Å². The van der Waals surface area contributed by atoms with E-state index >= 15 is 0 Å². The summed E-state index contributed by atoms with van der Waals surface area (Å²) in [7, 11) is 3.27. The van der Waals surface area contributed by atoms with Crippen molar-refractivity contribution in [3.05, 3.63) is 125 Å². The van der Waals surface area contributed by atoms with Gasteiger partial charge >= 0.3 is 0 Å². The molecule has 0 N–H and O–H groups in total. The van der Waals surface area contributed by atoms with Crippen LogP contribution in [0.2, 0.25) is 0 Å². The van der Waals surface area contributed by atoms with Crippen LogP contribution in [0.4, 0.5) is 5.69 Å². The van der Waals surface area contributed by atoms with Crippen LogP contribution in [0.1, 0.15) is 28.2 Å². The molecule has 4 aromatic rings. The molecule has 0 spiro atoms. The van der Waals surface area contributed by atoms with Gasteiger partial charge in [0.05, 0.1) is 19.9 Å². The van der Waals surface area contributed by atoms with Crippen molar-refractivity contribution in [1.82, 2.24) is 0 Å². The van der Waals surface area contributed by atoms with Crippen LogP contribution in [0.5, 0.6) is 17.2 Å². The lowest BCUT2D eigenvalue weighted by atomic mass is 9.81. The minimum absolute atomic E-state index is 0.0431. The summed E-state index contributed by atoms with van der Waals surface area (Å²) in [4.78, 5) is 4.85. The topological polar surface area (TPSA) is 40.0 Å². The van der Waals surface area contributed by atoms with Crippen molar-refractivity contribution in [2.24, 2.45) is 4.99 Å². The fraction of sp³-hybridized carbons (Fsp3) is 0.129. The maximum atomic E-state index is 6.55. The van der Waals surface area contributed by atoms with Gasteiger partial charge in [-0.2, -0.15) is 0 Å². The van der Waals surface area contributed by atoms with Gasteiger partial charge in [0, 0.05) is 28.8 Å². The molecule has 35 heavy (non-hydrogen) atoms. The summed E-state index contributed by atoms with van der Waals surface area (Å²) < 4.78 is 17.6. The maximum absolute atomic E-state index is 6.55. The molecule has 0 bridgehead atoms. The zero-order valence-corrected chi connectivity index (χ0v) is 20.1. The maximum Gasteiger partial charge on any atom is 0.161 e. The molecule has 5 rings (SSSR count). The molecule has 0 radical (unpaired) electrons. The number of allylic oxidation sites excluding steroid dienone is 1. The van der Waals surface area contributed by atoms with Crippen molar-refractivity contribution in [2.45, 2.75) is 12.8 Å². The Hall–Kier alpha value is -4.31. The van der Waals surface area contributed by atoms with Crippen LogP contribution < -0.4 is 14.2 Å². The number of fused-ring (bicyclic) bond motifs is 1. The van der Waals surface area contributed by atoms with Gasteiger partial charge in [0.2, 0.25) is 0 Å². The molecule has 0 saturated carbocycles. The highest BCUT2D eigenvalue weighted by molar-refractivity contribution is 5.95. The quantitative estimate of drug-likeness (QED) is 0.282. The van der Waals surface area contributed by atoms with Crippen LogP contribution >= 0.6 is 0 Å². The number of para-hydroxylation sites is 1. The molecule has 1 aliphatic heterocycles. The molecule has 1 aliphatic rings. The first-order valence-electron chi connectivity index (χ1n) is 11.6. The summed E-state index contributed by atoms with van der Waals surface area (Å²) in [6, 6.07) is 32.7. The minimum Gasteiger partial charge on any atom is -0.493 e. The number of aliphatic imine (C=N–C) groups is 1. The van der Waals surface area contributed by atoms with Crippen molar-refractivity contribution >= 4 is 17.7 Å². The minimum atomic E-state index is -0.0431. The Balaban J connectivity index is 1.73. The first-order valence-corrected chi connectivity index (χ1v) is 11.6. The van der Waals surface area contributed by atoms with E-state index in [0.29, 0.717) is 11.5 Å². The number of nitrogens with zero attached hydrogens (tertiary/aromatic N) is 1. The van der Waals surface area contributed by atoms with E-state index in [1.54, 1.807) is 14.2 Å². The summed E-state index contributed by atoms with van der Waals surface area (Å²) >= 11 is 0. The summed E-state index contributed by atoms with van der Waals surface area (Å²) in [6.07, 6.45) is 1.93. The van der Waals surface area contributed by atoms with Crippen molar-refractivity contribution < 1.29 is 14.2 Å². The number of benzene rings is 4. The predicted octanol–water partition coefficient (Wildman–Crippen LogP) is 7.35. The van der Waals surface area contributed by atoms with Gasteiger partial charge in [-0.3, -0.25) is 4.99 Å². The van der Waals surface area contributed by atoms with Gasteiger partial charge in [0.25, 0.3) is 0 Å². The van der Waals surface area contributed by atoms with Crippen LogP contribution in [0.3, 0.4) is 0 Å². The van der Waals surface area contributed by atoms with Crippen molar-refractivity contribution in [1.29, 1.82) is 0 Å². The molecule has 0 fully saturated rings. The Morgan fingerprint density at radius 2 is 1.49 bits per heavy atom. The predicted molar refractivity (Wildman–Crippen MR) is 141 cm³/mol. The van der Waals surface area contributed by atoms with Crippen molar-refractivity contribution in [3.63, 3.8) is 0 Å². The molecule has 0 saturated heterocycles. The molecule has 1 heterocycles. The van der Waals surface area contributed by atoms with E-state index in [0.717, 1.165) is 33.9 Å². The smallest absolute Gasteiger partial charge is 0.161 e. The van der Waals surface area contributed by atoms with Crippen molar-refractivity contribution in [2.75, 3.05) is 14.2 Å². The highest BCUT2D eigenvalue weighted by Gasteiger charge is 2.31. The second-order valence-corrected chi connectivity index (χ2v) is 8.43. The number of aryl methyl sites for hydroxylation is 1. The molecule has 0 aromatic heterocycles. The molecule has 0 aliphatic carbocycles. The lowest BCUT2D eigenvalue weighted by Gasteiger charge is -2.30. The molecule has 4 aromatic carbocycles. The van der Waals surface area contributed by atoms with Crippen LogP contribution in [-0.2, 0) is 0 Å². The fourth-order valence-electron chi connectivity index (χ4n) is 4.40. The van der Waals surface area contributed by atoms with Gasteiger partial charge in [-0.25, -0.2) is 0 Å². The van der Waals surface area contributed by atoms with Gasteiger partial charge < -0.3 is 14.2 Å².